The maximum atomic E-state index is 5.27. The van der Waals surface area contributed by atoms with E-state index in [1.807, 2.05) is 18.2 Å². The number of benzene rings is 6. The van der Waals surface area contributed by atoms with Gasteiger partial charge in [0.25, 0.3) is 0 Å². The van der Waals surface area contributed by atoms with Gasteiger partial charge in [0.1, 0.15) is 0 Å². The molecule has 0 atom stereocenters. The second kappa shape index (κ2) is 11.1. The Balaban J connectivity index is 1.42. The van der Waals surface area contributed by atoms with Gasteiger partial charge in [0.15, 0.2) is 5.82 Å². The molecule has 1 aliphatic heterocycles. The van der Waals surface area contributed by atoms with Crippen LogP contribution in [0.1, 0.15) is 5.56 Å². The summed E-state index contributed by atoms with van der Waals surface area (Å²) in [7, 11) is 0. The van der Waals surface area contributed by atoms with Crippen LogP contribution < -0.4 is 5.32 Å². The number of nitrogens with zero attached hydrogens (tertiary/aromatic N) is 2. The monoisotopic (exact) mass is 563 g/mol. The number of rotatable bonds is 5. The van der Waals surface area contributed by atoms with Crippen LogP contribution >= 0.6 is 0 Å². The molecule has 0 amide bonds. The molecule has 3 heteroatoms. The van der Waals surface area contributed by atoms with Gasteiger partial charge in [0.2, 0.25) is 0 Å². The Kier molecular flexibility index (Phi) is 6.54. The van der Waals surface area contributed by atoms with Crippen molar-refractivity contribution in [1.82, 2.24) is 15.3 Å². The van der Waals surface area contributed by atoms with Crippen molar-refractivity contribution in [2.45, 2.75) is 0 Å². The maximum absolute atomic E-state index is 5.27. The second-order valence-electron chi connectivity index (χ2n) is 11.0. The van der Waals surface area contributed by atoms with Crippen molar-refractivity contribution in [2.24, 2.45) is 0 Å². The van der Waals surface area contributed by atoms with E-state index in [1.54, 1.807) is 0 Å². The third-order valence-electron chi connectivity index (χ3n) is 8.33. The molecule has 6 aromatic carbocycles. The molecular weight excluding hydrogens is 534 g/mol. The van der Waals surface area contributed by atoms with Gasteiger partial charge in [0.05, 0.1) is 11.4 Å². The van der Waals surface area contributed by atoms with Crippen molar-refractivity contribution in [3.05, 3.63) is 163 Å². The minimum Gasteiger partial charge on any atom is -0.387 e. The molecule has 1 N–H and O–H groups in total. The molecular formula is C41H29N3. The summed E-state index contributed by atoms with van der Waals surface area (Å²) in [6.07, 6.45) is 6.46. The third kappa shape index (κ3) is 4.65. The Labute approximate surface area is 256 Å². The molecule has 0 unspecified atom stereocenters. The van der Waals surface area contributed by atoms with Gasteiger partial charge in [-0.05, 0) is 49.9 Å². The van der Waals surface area contributed by atoms with Crippen LogP contribution in [-0.2, 0) is 0 Å². The molecule has 44 heavy (non-hydrogen) atoms. The lowest BCUT2D eigenvalue weighted by Gasteiger charge is -2.17. The Bertz CT molecular complexity index is 2210. The van der Waals surface area contributed by atoms with Crippen molar-refractivity contribution < 1.29 is 0 Å². The molecule has 208 valence electrons. The van der Waals surface area contributed by atoms with Crippen LogP contribution in [0.2, 0.25) is 0 Å². The average Bonchev–Trinajstić information content (AvgIpc) is 3.11. The zero-order chi connectivity index (χ0) is 29.3. The summed E-state index contributed by atoms with van der Waals surface area (Å²) in [5.74, 6) is 0.709. The van der Waals surface area contributed by atoms with Gasteiger partial charge in [-0.15, -0.1) is 0 Å². The van der Waals surface area contributed by atoms with Crippen LogP contribution in [0.3, 0.4) is 0 Å². The molecule has 0 aliphatic carbocycles. The third-order valence-corrected chi connectivity index (χ3v) is 8.33. The van der Waals surface area contributed by atoms with E-state index in [0.717, 1.165) is 51.1 Å². The number of fused-ring (bicyclic) bond motifs is 2. The van der Waals surface area contributed by atoms with E-state index in [2.05, 4.69) is 145 Å². The van der Waals surface area contributed by atoms with Crippen LogP contribution in [0.5, 0.6) is 0 Å². The number of dihydropyridines is 1. The van der Waals surface area contributed by atoms with Crippen molar-refractivity contribution in [3.63, 3.8) is 0 Å². The van der Waals surface area contributed by atoms with E-state index < -0.39 is 0 Å². The first-order valence-electron chi connectivity index (χ1n) is 15.0. The summed E-state index contributed by atoms with van der Waals surface area (Å²) < 4.78 is 0. The first kappa shape index (κ1) is 25.9. The molecule has 1 aliphatic rings. The Morgan fingerprint density at radius 2 is 1.11 bits per heavy atom. The van der Waals surface area contributed by atoms with Gasteiger partial charge in [-0.1, -0.05) is 146 Å². The van der Waals surface area contributed by atoms with E-state index in [4.69, 9.17) is 9.97 Å². The molecule has 0 radical (unpaired) electrons. The lowest BCUT2D eigenvalue weighted by atomic mass is 9.90. The van der Waals surface area contributed by atoms with Gasteiger partial charge >= 0.3 is 0 Å². The van der Waals surface area contributed by atoms with Gasteiger partial charge in [-0.3, -0.25) is 0 Å². The summed E-state index contributed by atoms with van der Waals surface area (Å²) in [6, 6.07) is 49.1. The highest BCUT2D eigenvalue weighted by molar-refractivity contribution is 6.06. The Morgan fingerprint density at radius 3 is 1.86 bits per heavy atom. The molecule has 1 aromatic heterocycles. The fourth-order valence-corrected chi connectivity index (χ4v) is 6.25. The highest BCUT2D eigenvalue weighted by atomic mass is 14.9. The highest BCUT2D eigenvalue weighted by Crippen LogP contribution is 2.40. The molecule has 0 bridgehead atoms. The summed E-state index contributed by atoms with van der Waals surface area (Å²) in [4.78, 5) is 10.5. The van der Waals surface area contributed by atoms with E-state index in [9.17, 15) is 0 Å². The topological polar surface area (TPSA) is 37.8 Å². The summed E-state index contributed by atoms with van der Waals surface area (Å²) in [5, 5.41) is 8.07. The molecule has 7 aromatic rings. The van der Waals surface area contributed by atoms with Gasteiger partial charge < -0.3 is 5.32 Å². The normalized spacial score (nSPS) is 12.7. The minimum atomic E-state index is 0.709. The van der Waals surface area contributed by atoms with E-state index in [0.29, 0.717) is 5.82 Å². The first-order chi connectivity index (χ1) is 21.8. The Morgan fingerprint density at radius 1 is 0.500 bits per heavy atom. The minimum absolute atomic E-state index is 0.709. The SMILES string of the molecule is C1=CC(c2ccc(-c3cc(-c4c(-c5ccccc5)ccc5ccccc45)nc(-c4ccccc4)n3)c3ccccc23)=CNC1. The fraction of sp³-hybridized carbons (Fsp3) is 0.0244. The smallest absolute Gasteiger partial charge is 0.160 e. The maximum Gasteiger partial charge on any atom is 0.160 e. The van der Waals surface area contributed by atoms with Crippen LogP contribution in [0, 0.1) is 0 Å². The van der Waals surface area contributed by atoms with Crippen LogP contribution in [0.15, 0.2) is 158 Å². The number of hydrogen-bond acceptors (Lipinski definition) is 3. The van der Waals surface area contributed by atoms with Crippen LogP contribution in [0.25, 0.3) is 72.1 Å². The van der Waals surface area contributed by atoms with E-state index in [1.165, 1.54) is 27.3 Å². The molecule has 3 nitrogen and oxygen atoms in total. The van der Waals surface area contributed by atoms with Crippen molar-refractivity contribution in [3.8, 4) is 45.0 Å². The highest BCUT2D eigenvalue weighted by Gasteiger charge is 2.19. The zero-order valence-corrected chi connectivity index (χ0v) is 24.1. The molecule has 0 fully saturated rings. The zero-order valence-electron chi connectivity index (χ0n) is 24.1. The summed E-state index contributed by atoms with van der Waals surface area (Å²) in [5.41, 5.74) is 9.67. The quantitative estimate of drug-likeness (QED) is 0.226. The van der Waals surface area contributed by atoms with Crippen molar-refractivity contribution in [2.75, 3.05) is 6.54 Å². The van der Waals surface area contributed by atoms with Gasteiger partial charge in [-0.25, -0.2) is 9.97 Å². The predicted octanol–water partition coefficient (Wildman–Crippen LogP) is 9.95. The number of aromatic nitrogens is 2. The number of allylic oxidation sites excluding steroid dienone is 2. The lowest BCUT2D eigenvalue weighted by Crippen LogP contribution is -2.08. The summed E-state index contributed by atoms with van der Waals surface area (Å²) in [6.45, 7) is 0.852. The molecule has 0 spiro atoms. The standard InChI is InChI=1S/C41H29N3/c1-3-12-28(13-4-1)34-22-21-29-14-7-8-18-33(29)40(34)39-26-38(43-41(44-39)30-15-5-2-6-16-30)37-24-23-32(31-17-11-25-42-27-31)35-19-9-10-20-36(35)37/h1-24,26-27,42H,25H2. The lowest BCUT2D eigenvalue weighted by molar-refractivity contribution is 0.977. The number of nitrogens with one attached hydrogen (secondary N) is 1. The van der Waals surface area contributed by atoms with Crippen LogP contribution in [0.4, 0.5) is 0 Å². The number of hydrogen-bond donors (Lipinski definition) is 1. The molecule has 8 rings (SSSR count). The largest absolute Gasteiger partial charge is 0.387 e. The van der Waals surface area contributed by atoms with Gasteiger partial charge in [0, 0.05) is 29.4 Å². The molecule has 0 saturated heterocycles. The molecule has 2 heterocycles. The van der Waals surface area contributed by atoms with E-state index in [-0.39, 0.29) is 0 Å². The van der Waals surface area contributed by atoms with E-state index >= 15 is 0 Å². The first-order valence-corrected chi connectivity index (χ1v) is 15.0. The van der Waals surface area contributed by atoms with Gasteiger partial charge in [-0.2, -0.15) is 0 Å². The van der Waals surface area contributed by atoms with Crippen LogP contribution in [-0.4, -0.2) is 16.5 Å². The second-order valence-corrected chi connectivity index (χ2v) is 11.0. The summed E-state index contributed by atoms with van der Waals surface area (Å²) >= 11 is 0. The van der Waals surface area contributed by atoms with Crippen molar-refractivity contribution in [1.29, 1.82) is 0 Å². The molecule has 0 saturated carbocycles. The van der Waals surface area contributed by atoms with Crippen molar-refractivity contribution >= 4 is 27.1 Å². The Hall–Kier alpha value is -5.80. The average molecular weight is 564 g/mol. The fourth-order valence-electron chi connectivity index (χ4n) is 6.25. The predicted molar refractivity (Wildman–Crippen MR) is 184 cm³/mol.